The van der Waals surface area contributed by atoms with E-state index < -0.39 is 0 Å². The molecular weight excluding hydrogens is 264 g/mol. The molecule has 116 valence electrons. The van der Waals surface area contributed by atoms with Crippen LogP contribution in [0.25, 0.3) is 0 Å². The molecule has 0 spiro atoms. The Morgan fingerprint density at radius 2 is 2.29 bits per heavy atom. The fraction of sp³-hybridized carbons (Fsp3) is 0.588. The van der Waals surface area contributed by atoms with Crippen LogP contribution in [0.1, 0.15) is 43.7 Å². The molecule has 0 saturated carbocycles. The van der Waals surface area contributed by atoms with Gasteiger partial charge in [-0.2, -0.15) is 0 Å². The van der Waals surface area contributed by atoms with Crippen molar-refractivity contribution in [1.29, 1.82) is 0 Å². The van der Waals surface area contributed by atoms with Gasteiger partial charge in [-0.05, 0) is 49.4 Å². The summed E-state index contributed by atoms with van der Waals surface area (Å²) in [5, 5.41) is 6.32. The van der Waals surface area contributed by atoms with Crippen LogP contribution < -0.4 is 15.4 Å². The monoisotopic (exact) mass is 290 g/mol. The second-order valence-electron chi connectivity index (χ2n) is 6.10. The average molecular weight is 290 g/mol. The normalized spacial score (nSPS) is 18.6. The molecule has 21 heavy (non-hydrogen) atoms. The standard InChI is InChI=1S/C17H26N2O2/c1-12(2)15-7-6-13(3)9-16(15)21-11-17(20)19-14-5-4-8-18-10-14/h6-7,9,12,14,18H,4-5,8,10-11H2,1-3H3,(H,19,20). The van der Waals surface area contributed by atoms with E-state index in [1.165, 1.54) is 0 Å². The Hall–Kier alpha value is -1.55. The quantitative estimate of drug-likeness (QED) is 0.875. The van der Waals surface area contributed by atoms with Crippen LogP contribution in [-0.2, 0) is 4.79 Å². The minimum atomic E-state index is -0.0417. The number of rotatable bonds is 5. The fourth-order valence-corrected chi connectivity index (χ4v) is 2.63. The molecule has 2 N–H and O–H groups in total. The van der Waals surface area contributed by atoms with Crippen molar-refractivity contribution in [2.75, 3.05) is 19.7 Å². The summed E-state index contributed by atoms with van der Waals surface area (Å²) >= 11 is 0. The summed E-state index contributed by atoms with van der Waals surface area (Å²) in [4.78, 5) is 12.0. The van der Waals surface area contributed by atoms with Gasteiger partial charge in [0.05, 0.1) is 0 Å². The van der Waals surface area contributed by atoms with Gasteiger partial charge in [0.1, 0.15) is 5.75 Å². The van der Waals surface area contributed by atoms with Gasteiger partial charge in [0.15, 0.2) is 6.61 Å². The number of benzene rings is 1. The third-order valence-corrected chi connectivity index (χ3v) is 3.81. The highest BCUT2D eigenvalue weighted by atomic mass is 16.5. The highest BCUT2D eigenvalue weighted by Gasteiger charge is 2.16. The fourth-order valence-electron chi connectivity index (χ4n) is 2.63. The van der Waals surface area contributed by atoms with Crippen LogP contribution in [0.3, 0.4) is 0 Å². The van der Waals surface area contributed by atoms with Crippen LogP contribution in [0.5, 0.6) is 5.75 Å². The number of nitrogens with one attached hydrogen (secondary N) is 2. The summed E-state index contributed by atoms with van der Waals surface area (Å²) in [6, 6.07) is 6.40. The van der Waals surface area contributed by atoms with E-state index in [1.54, 1.807) is 0 Å². The number of hydrogen-bond donors (Lipinski definition) is 2. The first-order valence-corrected chi connectivity index (χ1v) is 7.79. The Labute approximate surface area is 127 Å². The van der Waals surface area contributed by atoms with E-state index >= 15 is 0 Å². The summed E-state index contributed by atoms with van der Waals surface area (Å²) in [6.07, 6.45) is 2.15. The highest BCUT2D eigenvalue weighted by molar-refractivity contribution is 5.78. The molecule has 0 aliphatic carbocycles. The molecule has 1 aromatic rings. The molecule has 4 heteroatoms. The van der Waals surface area contributed by atoms with Gasteiger partial charge in [-0.15, -0.1) is 0 Å². The predicted molar refractivity (Wildman–Crippen MR) is 84.8 cm³/mol. The summed E-state index contributed by atoms with van der Waals surface area (Å²) in [7, 11) is 0. The van der Waals surface area contributed by atoms with Crippen molar-refractivity contribution in [2.24, 2.45) is 0 Å². The molecule has 1 fully saturated rings. The zero-order valence-corrected chi connectivity index (χ0v) is 13.2. The topological polar surface area (TPSA) is 50.4 Å². The zero-order valence-electron chi connectivity index (χ0n) is 13.2. The lowest BCUT2D eigenvalue weighted by Crippen LogP contribution is -2.47. The van der Waals surface area contributed by atoms with Crippen LogP contribution >= 0.6 is 0 Å². The number of carbonyl (C=O) groups excluding carboxylic acids is 1. The summed E-state index contributed by atoms with van der Waals surface area (Å²) in [5.74, 6) is 1.16. The van der Waals surface area contributed by atoms with Gasteiger partial charge in [0, 0.05) is 12.6 Å². The van der Waals surface area contributed by atoms with E-state index in [4.69, 9.17) is 4.74 Å². The predicted octanol–water partition coefficient (Wildman–Crippen LogP) is 2.37. The second kappa shape index (κ2) is 7.46. The summed E-state index contributed by atoms with van der Waals surface area (Å²) in [6.45, 7) is 8.28. The number of aryl methyl sites for hydroxylation is 1. The van der Waals surface area contributed by atoms with Crippen molar-refractivity contribution < 1.29 is 9.53 Å². The summed E-state index contributed by atoms with van der Waals surface area (Å²) in [5.41, 5.74) is 2.29. The second-order valence-corrected chi connectivity index (χ2v) is 6.10. The first kappa shape index (κ1) is 15.8. The molecule has 1 aromatic carbocycles. The smallest absolute Gasteiger partial charge is 0.258 e. The number of hydrogen-bond acceptors (Lipinski definition) is 3. The Morgan fingerprint density at radius 1 is 1.48 bits per heavy atom. The van der Waals surface area contributed by atoms with E-state index in [0.717, 1.165) is 42.8 Å². The van der Waals surface area contributed by atoms with E-state index in [-0.39, 0.29) is 18.6 Å². The lowest BCUT2D eigenvalue weighted by atomic mass is 10.0. The van der Waals surface area contributed by atoms with E-state index in [2.05, 4.69) is 36.6 Å². The minimum Gasteiger partial charge on any atom is -0.483 e. The number of piperidine rings is 1. The molecule has 0 aromatic heterocycles. The average Bonchev–Trinajstić information content (AvgIpc) is 2.46. The van der Waals surface area contributed by atoms with Gasteiger partial charge in [-0.25, -0.2) is 0 Å². The maximum absolute atomic E-state index is 12.0. The van der Waals surface area contributed by atoms with Crippen molar-refractivity contribution in [1.82, 2.24) is 10.6 Å². The maximum Gasteiger partial charge on any atom is 0.258 e. The molecule has 1 aliphatic rings. The van der Waals surface area contributed by atoms with Crippen molar-refractivity contribution in [3.05, 3.63) is 29.3 Å². The van der Waals surface area contributed by atoms with Crippen LogP contribution in [0.2, 0.25) is 0 Å². The lowest BCUT2D eigenvalue weighted by Gasteiger charge is -2.24. The SMILES string of the molecule is Cc1ccc(C(C)C)c(OCC(=O)NC2CCCNC2)c1. The van der Waals surface area contributed by atoms with Crippen molar-refractivity contribution in [3.8, 4) is 5.75 Å². The molecule has 1 atom stereocenters. The van der Waals surface area contributed by atoms with Gasteiger partial charge in [0.2, 0.25) is 0 Å². The molecule has 1 aliphatic heterocycles. The van der Waals surface area contributed by atoms with Gasteiger partial charge in [0.25, 0.3) is 5.91 Å². The van der Waals surface area contributed by atoms with Crippen molar-refractivity contribution in [2.45, 2.75) is 45.6 Å². The van der Waals surface area contributed by atoms with E-state index in [1.807, 2.05) is 13.0 Å². The largest absolute Gasteiger partial charge is 0.483 e. The zero-order chi connectivity index (χ0) is 15.2. The van der Waals surface area contributed by atoms with Crippen molar-refractivity contribution in [3.63, 3.8) is 0 Å². The first-order valence-electron chi connectivity index (χ1n) is 7.79. The Balaban J connectivity index is 1.89. The number of amides is 1. The minimum absolute atomic E-state index is 0.0417. The molecule has 0 radical (unpaired) electrons. The molecule has 1 saturated heterocycles. The van der Waals surface area contributed by atoms with Crippen LogP contribution in [0.15, 0.2) is 18.2 Å². The van der Waals surface area contributed by atoms with Gasteiger partial charge < -0.3 is 15.4 Å². The lowest BCUT2D eigenvalue weighted by molar-refractivity contribution is -0.123. The molecule has 1 unspecified atom stereocenters. The van der Waals surface area contributed by atoms with Crippen LogP contribution in [0.4, 0.5) is 0 Å². The molecular formula is C17H26N2O2. The molecule has 0 bridgehead atoms. The number of ether oxygens (including phenoxy) is 1. The Kier molecular flexibility index (Phi) is 5.62. The summed E-state index contributed by atoms with van der Waals surface area (Å²) < 4.78 is 5.75. The van der Waals surface area contributed by atoms with Crippen LogP contribution in [0, 0.1) is 6.92 Å². The Bertz CT molecular complexity index is 480. The first-order chi connectivity index (χ1) is 10.1. The molecule has 4 nitrogen and oxygen atoms in total. The molecule has 1 heterocycles. The molecule has 1 amide bonds. The molecule has 2 rings (SSSR count). The van der Waals surface area contributed by atoms with Gasteiger partial charge in [-0.1, -0.05) is 26.0 Å². The Morgan fingerprint density at radius 3 is 2.95 bits per heavy atom. The van der Waals surface area contributed by atoms with E-state index in [0.29, 0.717) is 5.92 Å². The maximum atomic E-state index is 12.0. The van der Waals surface area contributed by atoms with Gasteiger partial charge >= 0.3 is 0 Å². The number of carbonyl (C=O) groups is 1. The van der Waals surface area contributed by atoms with Gasteiger partial charge in [-0.3, -0.25) is 4.79 Å². The van der Waals surface area contributed by atoms with E-state index in [9.17, 15) is 4.79 Å². The van der Waals surface area contributed by atoms with Crippen LogP contribution in [-0.4, -0.2) is 31.6 Å². The third kappa shape index (κ3) is 4.74. The van der Waals surface area contributed by atoms with Crippen molar-refractivity contribution >= 4 is 5.91 Å². The third-order valence-electron chi connectivity index (χ3n) is 3.81. The highest BCUT2D eigenvalue weighted by Crippen LogP contribution is 2.27.